The summed E-state index contributed by atoms with van der Waals surface area (Å²) < 4.78 is 0. The number of nitrogens with two attached hydrogens (primary N) is 1. The van der Waals surface area contributed by atoms with Crippen LogP contribution >= 0.6 is 0 Å². The molecular formula is C15H24N2O. The van der Waals surface area contributed by atoms with Crippen molar-refractivity contribution < 1.29 is 4.79 Å². The van der Waals surface area contributed by atoms with Gasteiger partial charge < -0.3 is 10.6 Å². The number of anilines is 1. The predicted molar refractivity (Wildman–Crippen MR) is 76.8 cm³/mol. The van der Waals surface area contributed by atoms with E-state index in [1.54, 1.807) is 4.90 Å². The van der Waals surface area contributed by atoms with E-state index in [1.807, 2.05) is 33.0 Å². The van der Waals surface area contributed by atoms with Gasteiger partial charge >= 0.3 is 0 Å². The minimum absolute atomic E-state index is 0.0316. The topological polar surface area (TPSA) is 46.3 Å². The molecule has 0 aromatic heterocycles. The molecule has 0 radical (unpaired) electrons. The van der Waals surface area contributed by atoms with Crippen LogP contribution in [-0.4, -0.2) is 19.0 Å². The van der Waals surface area contributed by atoms with Gasteiger partial charge in [0.2, 0.25) is 5.91 Å². The van der Waals surface area contributed by atoms with Crippen molar-refractivity contribution in [3.05, 3.63) is 29.3 Å². The number of aryl methyl sites for hydroxylation is 2. The maximum absolute atomic E-state index is 12.1. The molecule has 3 nitrogen and oxygen atoms in total. The quantitative estimate of drug-likeness (QED) is 0.871. The van der Waals surface area contributed by atoms with Crippen LogP contribution in [0, 0.1) is 13.8 Å². The fourth-order valence-electron chi connectivity index (χ4n) is 2.12. The molecule has 0 bridgehead atoms. The Morgan fingerprint density at radius 3 is 2.33 bits per heavy atom. The molecule has 0 spiro atoms. The Morgan fingerprint density at radius 1 is 1.28 bits per heavy atom. The third-order valence-electron chi connectivity index (χ3n) is 3.06. The largest absolute Gasteiger partial charge is 0.327 e. The zero-order valence-electron chi connectivity index (χ0n) is 11.9. The van der Waals surface area contributed by atoms with E-state index in [9.17, 15) is 4.79 Å². The van der Waals surface area contributed by atoms with Gasteiger partial charge in [-0.3, -0.25) is 4.79 Å². The number of nitrogens with zero attached hydrogens (tertiary/aromatic N) is 1. The van der Waals surface area contributed by atoms with Gasteiger partial charge in [-0.1, -0.05) is 19.4 Å². The van der Waals surface area contributed by atoms with E-state index in [0.29, 0.717) is 6.42 Å². The fraction of sp³-hybridized carbons (Fsp3) is 0.533. The number of hydrogen-bond acceptors (Lipinski definition) is 2. The van der Waals surface area contributed by atoms with Crippen LogP contribution in [0.25, 0.3) is 0 Å². The zero-order chi connectivity index (χ0) is 13.7. The summed E-state index contributed by atoms with van der Waals surface area (Å²) >= 11 is 0. The smallest absolute Gasteiger partial charge is 0.228 e. The van der Waals surface area contributed by atoms with Gasteiger partial charge in [-0.2, -0.15) is 0 Å². The third kappa shape index (κ3) is 4.15. The number of hydrogen-bond donors (Lipinski definition) is 1. The van der Waals surface area contributed by atoms with E-state index in [2.05, 4.69) is 13.0 Å². The average Bonchev–Trinajstić information content (AvgIpc) is 2.26. The fourth-order valence-corrected chi connectivity index (χ4v) is 2.12. The van der Waals surface area contributed by atoms with Crippen molar-refractivity contribution in [1.29, 1.82) is 0 Å². The minimum Gasteiger partial charge on any atom is -0.327 e. The summed E-state index contributed by atoms with van der Waals surface area (Å²) in [6.07, 6.45) is 2.32. The molecule has 1 unspecified atom stereocenters. The molecular weight excluding hydrogens is 224 g/mol. The van der Waals surface area contributed by atoms with Crippen LogP contribution in [-0.2, 0) is 4.79 Å². The molecule has 0 aliphatic rings. The maximum Gasteiger partial charge on any atom is 0.228 e. The molecule has 3 heteroatoms. The summed E-state index contributed by atoms with van der Waals surface area (Å²) in [5, 5.41) is 0. The van der Waals surface area contributed by atoms with Crippen molar-refractivity contribution >= 4 is 11.6 Å². The molecule has 0 aliphatic carbocycles. The summed E-state index contributed by atoms with van der Waals surface area (Å²) in [5.74, 6) is 0.0842. The van der Waals surface area contributed by atoms with E-state index < -0.39 is 0 Å². The van der Waals surface area contributed by atoms with Crippen molar-refractivity contribution in [2.24, 2.45) is 5.73 Å². The van der Waals surface area contributed by atoms with E-state index in [0.717, 1.165) is 18.5 Å². The number of carbonyl (C=O) groups is 1. The molecule has 0 heterocycles. The molecule has 1 atom stereocenters. The molecule has 1 amide bonds. The number of benzene rings is 1. The second-order valence-electron chi connectivity index (χ2n) is 5.05. The number of rotatable bonds is 5. The number of carbonyl (C=O) groups excluding carboxylic acids is 1. The van der Waals surface area contributed by atoms with Crippen LogP contribution in [0.1, 0.15) is 37.3 Å². The molecule has 1 aromatic rings. The molecule has 0 fully saturated rings. The highest BCUT2D eigenvalue weighted by molar-refractivity contribution is 5.93. The maximum atomic E-state index is 12.1. The monoisotopic (exact) mass is 248 g/mol. The first-order valence-corrected chi connectivity index (χ1v) is 6.54. The molecule has 100 valence electrons. The Bertz CT molecular complexity index is 395. The van der Waals surface area contributed by atoms with Gasteiger partial charge in [0.05, 0.1) is 0 Å². The second kappa shape index (κ2) is 6.55. The van der Waals surface area contributed by atoms with Gasteiger partial charge in [0.25, 0.3) is 0 Å². The Balaban J connectivity index is 2.73. The molecule has 1 aromatic carbocycles. The highest BCUT2D eigenvalue weighted by Gasteiger charge is 2.15. The Hall–Kier alpha value is -1.35. The lowest BCUT2D eigenvalue weighted by atomic mass is 10.1. The van der Waals surface area contributed by atoms with Crippen LogP contribution < -0.4 is 10.6 Å². The summed E-state index contributed by atoms with van der Waals surface area (Å²) in [7, 11) is 1.81. The Morgan fingerprint density at radius 2 is 1.83 bits per heavy atom. The molecule has 0 saturated heterocycles. The van der Waals surface area contributed by atoms with Crippen molar-refractivity contribution in [1.82, 2.24) is 0 Å². The normalized spacial score (nSPS) is 12.3. The highest BCUT2D eigenvalue weighted by Crippen LogP contribution is 2.18. The molecule has 18 heavy (non-hydrogen) atoms. The van der Waals surface area contributed by atoms with Crippen molar-refractivity contribution in [2.75, 3.05) is 11.9 Å². The Labute approximate surface area is 110 Å². The molecule has 2 N–H and O–H groups in total. The van der Waals surface area contributed by atoms with Crippen LogP contribution in [0.5, 0.6) is 0 Å². The van der Waals surface area contributed by atoms with Gasteiger partial charge in [-0.25, -0.2) is 0 Å². The summed E-state index contributed by atoms with van der Waals surface area (Å²) in [5.41, 5.74) is 9.20. The van der Waals surface area contributed by atoms with Gasteiger partial charge in [0.1, 0.15) is 0 Å². The standard InChI is InChI=1S/C15H24N2O/c1-5-6-13(16)10-15(18)17(4)14-8-11(2)7-12(3)9-14/h7-9,13H,5-6,10,16H2,1-4H3. The molecule has 1 rings (SSSR count). The zero-order valence-corrected chi connectivity index (χ0v) is 11.9. The lowest BCUT2D eigenvalue weighted by Gasteiger charge is -2.20. The minimum atomic E-state index is -0.0316. The SMILES string of the molecule is CCCC(N)CC(=O)N(C)c1cc(C)cc(C)c1. The molecule has 0 aliphatic heterocycles. The van der Waals surface area contributed by atoms with Gasteiger partial charge in [-0.05, 0) is 43.5 Å². The lowest BCUT2D eigenvalue weighted by molar-refractivity contribution is -0.118. The van der Waals surface area contributed by atoms with Crippen LogP contribution in [0.3, 0.4) is 0 Å². The number of amides is 1. The molecule has 0 saturated carbocycles. The van der Waals surface area contributed by atoms with Gasteiger partial charge in [0, 0.05) is 25.2 Å². The van der Waals surface area contributed by atoms with Crippen LogP contribution in [0.15, 0.2) is 18.2 Å². The van der Waals surface area contributed by atoms with Crippen molar-refractivity contribution in [3.8, 4) is 0 Å². The van der Waals surface area contributed by atoms with E-state index in [-0.39, 0.29) is 11.9 Å². The first kappa shape index (κ1) is 14.7. The second-order valence-corrected chi connectivity index (χ2v) is 5.05. The first-order chi connectivity index (χ1) is 8.43. The van der Waals surface area contributed by atoms with E-state index in [4.69, 9.17) is 5.73 Å². The van der Waals surface area contributed by atoms with Crippen molar-refractivity contribution in [3.63, 3.8) is 0 Å². The van der Waals surface area contributed by atoms with Crippen LogP contribution in [0.2, 0.25) is 0 Å². The van der Waals surface area contributed by atoms with E-state index >= 15 is 0 Å². The summed E-state index contributed by atoms with van der Waals surface area (Å²) in [6.45, 7) is 6.16. The van der Waals surface area contributed by atoms with E-state index in [1.165, 1.54) is 11.1 Å². The summed E-state index contributed by atoms with van der Waals surface area (Å²) in [6, 6.07) is 6.12. The third-order valence-corrected chi connectivity index (χ3v) is 3.06. The van der Waals surface area contributed by atoms with Gasteiger partial charge in [-0.15, -0.1) is 0 Å². The summed E-state index contributed by atoms with van der Waals surface area (Å²) in [4.78, 5) is 13.8. The Kier molecular flexibility index (Phi) is 5.35. The lowest BCUT2D eigenvalue weighted by Crippen LogP contribution is -2.33. The van der Waals surface area contributed by atoms with Crippen LogP contribution in [0.4, 0.5) is 5.69 Å². The van der Waals surface area contributed by atoms with Gasteiger partial charge in [0.15, 0.2) is 0 Å². The first-order valence-electron chi connectivity index (χ1n) is 6.54. The van der Waals surface area contributed by atoms with Crippen molar-refractivity contribution in [2.45, 2.75) is 46.1 Å². The predicted octanol–water partition coefficient (Wildman–Crippen LogP) is 2.78. The average molecular weight is 248 g/mol. The highest BCUT2D eigenvalue weighted by atomic mass is 16.2.